The Morgan fingerprint density at radius 2 is 1.79 bits per heavy atom. The van der Waals surface area contributed by atoms with Crippen molar-refractivity contribution in [2.45, 2.75) is 6.92 Å². The van der Waals surface area contributed by atoms with Crippen LogP contribution in [0.15, 0.2) is 42.5 Å². The summed E-state index contributed by atoms with van der Waals surface area (Å²) in [6, 6.07) is 11.3. The number of nitrogens with zero attached hydrogens (tertiary/aromatic N) is 1. The van der Waals surface area contributed by atoms with E-state index in [1.807, 2.05) is 0 Å². The first-order valence-corrected chi connectivity index (χ1v) is 5.86. The van der Waals surface area contributed by atoms with Gasteiger partial charge in [-0.05, 0) is 31.2 Å². The lowest BCUT2D eigenvalue weighted by molar-refractivity contribution is 0.0992. The summed E-state index contributed by atoms with van der Waals surface area (Å²) in [6.07, 6.45) is 0. The molecule has 0 saturated carbocycles. The standard InChI is InChI=1S/C15H15NO3/c1-10-13(7-4-8-14(10)18)15(19)16(2)11-5-3-6-12(17)9-11/h3-9,17-18H,1-2H3. The molecule has 98 valence electrons. The number of aromatic hydroxyl groups is 2. The van der Waals surface area contributed by atoms with Gasteiger partial charge in [0.25, 0.3) is 5.91 Å². The van der Waals surface area contributed by atoms with Crippen LogP contribution in [0.4, 0.5) is 5.69 Å². The first-order valence-electron chi connectivity index (χ1n) is 5.86. The number of carbonyl (C=O) groups is 1. The molecule has 0 spiro atoms. The van der Waals surface area contributed by atoms with E-state index >= 15 is 0 Å². The fourth-order valence-electron chi connectivity index (χ4n) is 1.85. The van der Waals surface area contributed by atoms with Crippen LogP contribution in [0, 0.1) is 6.92 Å². The zero-order valence-corrected chi connectivity index (χ0v) is 10.8. The largest absolute Gasteiger partial charge is 0.508 e. The minimum Gasteiger partial charge on any atom is -0.508 e. The summed E-state index contributed by atoms with van der Waals surface area (Å²) in [5, 5.41) is 19.1. The Balaban J connectivity index is 2.36. The third-order valence-electron chi connectivity index (χ3n) is 3.06. The maximum Gasteiger partial charge on any atom is 0.258 e. The van der Waals surface area contributed by atoms with Gasteiger partial charge < -0.3 is 15.1 Å². The second-order valence-corrected chi connectivity index (χ2v) is 4.33. The molecule has 0 bridgehead atoms. The minimum absolute atomic E-state index is 0.0927. The molecule has 0 aliphatic heterocycles. The smallest absolute Gasteiger partial charge is 0.258 e. The Kier molecular flexibility index (Phi) is 3.42. The Hall–Kier alpha value is -2.49. The van der Waals surface area contributed by atoms with Crippen molar-refractivity contribution < 1.29 is 15.0 Å². The molecule has 2 aromatic carbocycles. The number of hydrogen-bond donors (Lipinski definition) is 2. The number of anilines is 1. The molecule has 19 heavy (non-hydrogen) atoms. The highest BCUT2D eigenvalue weighted by molar-refractivity contribution is 6.07. The molecule has 0 atom stereocenters. The van der Waals surface area contributed by atoms with Crippen molar-refractivity contribution in [2.24, 2.45) is 0 Å². The molecule has 4 nitrogen and oxygen atoms in total. The molecule has 0 aliphatic carbocycles. The second-order valence-electron chi connectivity index (χ2n) is 4.33. The van der Waals surface area contributed by atoms with E-state index in [0.29, 0.717) is 16.8 Å². The lowest BCUT2D eigenvalue weighted by Gasteiger charge is -2.19. The molecular formula is C15H15NO3. The molecule has 0 fully saturated rings. The molecule has 1 amide bonds. The summed E-state index contributed by atoms with van der Waals surface area (Å²) >= 11 is 0. The number of phenols is 2. The van der Waals surface area contributed by atoms with Crippen LogP contribution in [0.2, 0.25) is 0 Å². The van der Waals surface area contributed by atoms with Gasteiger partial charge in [-0.2, -0.15) is 0 Å². The lowest BCUT2D eigenvalue weighted by Crippen LogP contribution is -2.26. The SMILES string of the molecule is Cc1c(O)cccc1C(=O)N(C)c1cccc(O)c1. The van der Waals surface area contributed by atoms with E-state index in [1.165, 1.54) is 11.0 Å². The molecule has 0 heterocycles. The van der Waals surface area contributed by atoms with Crippen LogP contribution >= 0.6 is 0 Å². The van der Waals surface area contributed by atoms with Crippen LogP contribution in [-0.2, 0) is 0 Å². The zero-order chi connectivity index (χ0) is 14.0. The van der Waals surface area contributed by atoms with Crippen LogP contribution in [0.1, 0.15) is 15.9 Å². The Bertz CT molecular complexity index is 623. The fraction of sp³-hybridized carbons (Fsp3) is 0.133. The monoisotopic (exact) mass is 257 g/mol. The van der Waals surface area contributed by atoms with Crippen molar-refractivity contribution in [3.63, 3.8) is 0 Å². The number of rotatable bonds is 2. The van der Waals surface area contributed by atoms with Crippen molar-refractivity contribution in [1.29, 1.82) is 0 Å². The predicted molar refractivity (Wildman–Crippen MR) is 73.7 cm³/mol. The van der Waals surface area contributed by atoms with E-state index in [2.05, 4.69) is 0 Å². The second kappa shape index (κ2) is 5.02. The van der Waals surface area contributed by atoms with Crippen LogP contribution < -0.4 is 4.90 Å². The molecule has 2 aromatic rings. The summed E-state index contributed by atoms with van der Waals surface area (Å²) in [5.41, 5.74) is 1.57. The van der Waals surface area contributed by atoms with Gasteiger partial charge in [-0.1, -0.05) is 12.1 Å². The number of amides is 1. The number of carbonyl (C=O) groups excluding carboxylic acids is 1. The van der Waals surface area contributed by atoms with Crippen molar-refractivity contribution in [1.82, 2.24) is 0 Å². The third kappa shape index (κ3) is 2.52. The van der Waals surface area contributed by atoms with Gasteiger partial charge in [0.1, 0.15) is 11.5 Å². The average molecular weight is 257 g/mol. The van der Waals surface area contributed by atoms with Crippen molar-refractivity contribution in [2.75, 3.05) is 11.9 Å². The van der Waals surface area contributed by atoms with Gasteiger partial charge in [-0.15, -0.1) is 0 Å². The van der Waals surface area contributed by atoms with Gasteiger partial charge in [0, 0.05) is 29.9 Å². The Labute approximate surface area is 111 Å². The van der Waals surface area contributed by atoms with Crippen LogP contribution in [0.5, 0.6) is 11.5 Å². The normalized spacial score (nSPS) is 10.2. The number of hydrogen-bond acceptors (Lipinski definition) is 3. The lowest BCUT2D eigenvalue weighted by atomic mass is 10.1. The van der Waals surface area contributed by atoms with Crippen LogP contribution in [-0.4, -0.2) is 23.2 Å². The van der Waals surface area contributed by atoms with Crippen molar-refractivity contribution in [3.05, 3.63) is 53.6 Å². The van der Waals surface area contributed by atoms with Crippen LogP contribution in [0.3, 0.4) is 0 Å². The molecule has 0 unspecified atom stereocenters. The Morgan fingerprint density at radius 1 is 1.11 bits per heavy atom. The van der Waals surface area contributed by atoms with Gasteiger partial charge in [0.2, 0.25) is 0 Å². The zero-order valence-electron chi connectivity index (χ0n) is 10.8. The minimum atomic E-state index is -0.237. The topological polar surface area (TPSA) is 60.8 Å². The van der Waals surface area contributed by atoms with Gasteiger partial charge in [0.05, 0.1) is 0 Å². The molecule has 0 radical (unpaired) electrons. The van der Waals surface area contributed by atoms with Gasteiger partial charge >= 0.3 is 0 Å². The van der Waals surface area contributed by atoms with Gasteiger partial charge in [0.15, 0.2) is 0 Å². The quantitative estimate of drug-likeness (QED) is 0.869. The predicted octanol–water partition coefficient (Wildman–Crippen LogP) is 2.68. The van der Waals surface area contributed by atoms with Gasteiger partial charge in [-0.25, -0.2) is 0 Å². The number of benzene rings is 2. The molecule has 0 aromatic heterocycles. The average Bonchev–Trinajstić information content (AvgIpc) is 2.40. The summed E-state index contributed by atoms with van der Waals surface area (Å²) in [7, 11) is 1.63. The highest BCUT2D eigenvalue weighted by Gasteiger charge is 2.17. The van der Waals surface area contributed by atoms with Crippen molar-refractivity contribution >= 4 is 11.6 Å². The summed E-state index contributed by atoms with van der Waals surface area (Å²) in [6.45, 7) is 1.69. The molecule has 4 heteroatoms. The Morgan fingerprint density at radius 3 is 2.47 bits per heavy atom. The van der Waals surface area contributed by atoms with E-state index in [0.717, 1.165) is 0 Å². The van der Waals surface area contributed by atoms with E-state index in [9.17, 15) is 15.0 Å². The highest BCUT2D eigenvalue weighted by atomic mass is 16.3. The number of phenolic OH excluding ortho intramolecular Hbond substituents is 2. The third-order valence-corrected chi connectivity index (χ3v) is 3.06. The van der Waals surface area contributed by atoms with Crippen molar-refractivity contribution in [3.8, 4) is 11.5 Å². The summed E-state index contributed by atoms with van der Waals surface area (Å²) in [5.74, 6) is -0.0426. The molecular weight excluding hydrogens is 242 g/mol. The molecule has 2 rings (SSSR count). The highest BCUT2D eigenvalue weighted by Crippen LogP contribution is 2.24. The van der Waals surface area contributed by atoms with E-state index in [-0.39, 0.29) is 17.4 Å². The van der Waals surface area contributed by atoms with E-state index < -0.39 is 0 Å². The molecule has 0 aliphatic rings. The van der Waals surface area contributed by atoms with Gasteiger partial charge in [-0.3, -0.25) is 4.79 Å². The first kappa shape index (κ1) is 13.0. The first-order chi connectivity index (χ1) is 9.00. The summed E-state index contributed by atoms with van der Waals surface area (Å²) in [4.78, 5) is 13.8. The molecule has 2 N–H and O–H groups in total. The maximum absolute atomic E-state index is 12.4. The fourth-order valence-corrected chi connectivity index (χ4v) is 1.85. The van der Waals surface area contributed by atoms with E-state index in [1.54, 1.807) is 50.4 Å². The molecule has 0 saturated heterocycles. The van der Waals surface area contributed by atoms with E-state index in [4.69, 9.17) is 0 Å². The maximum atomic E-state index is 12.4. The summed E-state index contributed by atoms with van der Waals surface area (Å²) < 4.78 is 0. The van der Waals surface area contributed by atoms with Crippen LogP contribution in [0.25, 0.3) is 0 Å².